The average molecular weight is 230 g/mol. The highest BCUT2D eigenvalue weighted by Crippen LogP contribution is 2.32. The van der Waals surface area contributed by atoms with Crippen LogP contribution in [-0.4, -0.2) is 11.5 Å². The zero-order chi connectivity index (χ0) is 11.7. The Labute approximate surface area is 102 Å². The summed E-state index contributed by atoms with van der Waals surface area (Å²) in [6, 6.07) is 0. The van der Waals surface area contributed by atoms with Crippen LogP contribution < -0.4 is 0 Å². The molecular weight excluding hydrogens is 200 g/mol. The average Bonchev–Trinajstić information content (AvgIpc) is 2.21. The first-order valence-corrected chi connectivity index (χ1v) is 7.77. The zero-order valence-electron chi connectivity index (χ0n) is 11.4. The van der Waals surface area contributed by atoms with Crippen LogP contribution in [0.3, 0.4) is 0 Å². The first-order chi connectivity index (χ1) is 7.04. The summed E-state index contributed by atoms with van der Waals surface area (Å²) >= 11 is 2.10. The highest BCUT2D eigenvalue weighted by atomic mass is 32.2. The lowest BCUT2D eigenvalue weighted by Gasteiger charge is -2.28. The third kappa shape index (κ3) is 8.19. The summed E-state index contributed by atoms with van der Waals surface area (Å²) in [6.45, 7) is 11.7. The molecule has 0 N–H and O–H groups in total. The molecule has 0 aliphatic rings. The van der Waals surface area contributed by atoms with Gasteiger partial charge in [-0.1, -0.05) is 53.9 Å². The lowest BCUT2D eigenvalue weighted by molar-refractivity contribution is 0.312. The maximum absolute atomic E-state index is 2.46. The number of hydrogen-bond acceptors (Lipinski definition) is 1. The van der Waals surface area contributed by atoms with Crippen LogP contribution >= 0.6 is 11.8 Å². The van der Waals surface area contributed by atoms with Crippen molar-refractivity contribution in [3.8, 4) is 0 Å². The van der Waals surface area contributed by atoms with Crippen molar-refractivity contribution < 1.29 is 0 Å². The van der Waals surface area contributed by atoms with E-state index in [0.29, 0.717) is 5.41 Å². The molecule has 1 atom stereocenters. The molecule has 0 bridgehead atoms. The molecule has 15 heavy (non-hydrogen) atoms. The van der Waals surface area contributed by atoms with E-state index in [1.807, 2.05) is 0 Å². The Morgan fingerprint density at radius 3 is 2.27 bits per heavy atom. The van der Waals surface area contributed by atoms with Crippen LogP contribution in [0, 0.1) is 11.3 Å². The van der Waals surface area contributed by atoms with Gasteiger partial charge in [0.25, 0.3) is 0 Å². The second-order valence-electron chi connectivity index (χ2n) is 5.44. The summed E-state index contributed by atoms with van der Waals surface area (Å²) in [7, 11) is 0. The first kappa shape index (κ1) is 15.3. The molecule has 0 fully saturated rings. The number of rotatable bonds is 9. The van der Waals surface area contributed by atoms with E-state index in [0.717, 1.165) is 5.92 Å². The van der Waals surface area contributed by atoms with Crippen molar-refractivity contribution in [2.75, 3.05) is 11.5 Å². The minimum Gasteiger partial charge on any atom is -0.162 e. The van der Waals surface area contributed by atoms with E-state index >= 15 is 0 Å². The van der Waals surface area contributed by atoms with Gasteiger partial charge in [-0.15, -0.1) is 0 Å². The summed E-state index contributed by atoms with van der Waals surface area (Å²) in [6.07, 6.45) is 7.00. The van der Waals surface area contributed by atoms with E-state index in [-0.39, 0.29) is 0 Å². The molecule has 0 saturated heterocycles. The summed E-state index contributed by atoms with van der Waals surface area (Å²) < 4.78 is 0. The lowest BCUT2D eigenvalue weighted by atomic mass is 9.84. The molecule has 0 aromatic rings. The van der Waals surface area contributed by atoms with Crippen molar-refractivity contribution in [2.45, 2.75) is 66.7 Å². The van der Waals surface area contributed by atoms with Crippen molar-refractivity contribution in [1.29, 1.82) is 0 Å². The Balaban J connectivity index is 3.67. The molecule has 0 aliphatic heterocycles. The van der Waals surface area contributed by atoms with Gasteiger partial charge in [0.2, 0.25) is 0 Å². The van der Waals surface area contributed by atoms with E-state index < -0.39 is 0 Å². The normalized spacial score (nSPS) is 15.6. The van der Waals surface area contributed by atoms with Gasteiger partial charge in [-0.2, -0.15) is 11.8 Å². The van der Waals surface area contributed by atoms with Crippen LogP contribution in [0.5, 0.6) is 0 Å². The predicted molar refractivity (Wildman–Crippen MR) is 74.7 cm³/mol. The molecule has 0 spiro atoms. The Morgan fingerprint density at radius 2 is 1.80 bits per heavy atom. The molecule has 0 nitrogen and oxygen atoms in total. The van der Waals surface area contributed by atoms with Crippen LogP contribution in [0.15, 0.2) is 0 Å². The minimum atomic E-state index is 0.595. The van der Waals surface area contributed by atoms with E-state index in [1.54, 1.807) is 0 Å². The molecular formula is C14H30S. The number of hydrogen-bond donors (Lipinski definition) is 0. The molecule has 0 aliphatic carbocycles. The second-order valence-corrected chi connectivity index (χ2v) is 6.72. The van der Waals surface area contributed by atoms with Crippen LogP contribution in [-0.2, 0) is 0 Å². The Kier molecular flexibility index (Phi) is 8.69. The lowest BCUT2D eigenvalue weighted by Crippen LogP contribution is -2.18. The third-order valence-electron chi connectivity index (χ3n) is 3.32. The fourth-order valence-corrected chi connectivity index (χ4v) is 2.85. The highest BCUT2D eigenvalue weighted by Gasteiger charge is 2.20. The zero-order valence-corrected chi connectivity index (χ0v) is 12.3. The van der Waals surface area contributed by atoms with Gasteiger partial charge in [0.15, 0.2) is 0 Å². The molecule has 0 amide bonds. The molecule has 0 aromatic heterocycles. The van der Waals surface area contributed by atoms with Crippen molar-refractivity contribution in [3.05, 3.63) is 0 Å². The maximum Gasteiger partial charge on any atom is -0.00137 e. The maximum atomic E-state index is 2.46. The monoisotopic (exact) mass is 230 g/mol. The molecule has 0 radical (unpaired) electrons. The van der Waals surface area contributed by atoms with Crippen molar-refractivity contribution in [1.82, 2.24) is 0 Å². The fraction of sp³-hybridized carbons (Fsp3) is 1.00. The molecule has 0 heterocycles. The van der Waals surface area contributed by atoms with E-state index in [4.69, 9.17) is 0 Å². The summed E-state index contributed by atoms with van der Waals surface area (Å²) in [4.78, 5) is 0. The quantitative estimate of drug-likeness (QED) is 0.480. The van der Waals surface area contributed by atoms with Crippen molar-refractivity contribution in [3.63, 3.8) is 0 Å². The SMILES string of the molecule is CCSCC(C)(CC)CCCCC(C)C. The van der Waals surface area contributed by atoms with Gasteiger partial charge < -0.3 is 0 Å². The van der Waals surface area contributed by atoms with Gasteiger partial charge in [0.05, 0.1) is 0 Å². The van der Waals surface area contributed by atoms with E-state index in [1.165, 1.54) is 43.6 Å². The summed E-state index contributed by atoms with van der Waals surface area (Å²) in [5, 5.41) is 0. The largest absolute Gasteiger partial charge is 0.162 e. The standard InChI is InChI=1S/C14H30S/c1-6-14(5,12-15-7-2)11-9-8-10-13(3)4/h13H,6-12H2,1-5H3. The number of unbranched alkanes of at least 4 members (excludes halogenated alkanes) is 1. The van der Waals surface area contributed by atoms with Crippen molar-refractivity contribution >= 4 is 11.8 Å². The van der Waals surface area contributed by atoms with E-state index in [2.05, 4.69) is 46.4 Å². The first-order valence-electron chi connectivity index (χ1n) is 6.62. The predicted octanol–water partition coefficient (Wildman–Crippen LogP) is 5.37. The van der Waals surface area contributed by atoms with Gasteiger partial charge in [-0.05, 0) is 35.7 Å². The smallest absolute Gasteiger partial charge is 0.00137 e. The van der Waals surface area contributed by atoms with Gasteiger partial charge in [0, 0.05) is 0 Å². The van der Waals surface area contributed by atoms with Gasteiger partial charge >= 0.3 is 0 Å². The van der Waals surface area contributed by atoms with Crippen LogP contribution in [0.2, 0.25) is 0 Å². The highest BCUT2D eigenvalue weighted by molar-refractivity contribution is 7.99. The molecule has 0 aromatic carbocycles. The molecule has 1 heteroatoms. The molecule has 92 valence electrons. The van der Waals surface area contributed by atoms with Crippen LogP contribution in [0.4, 0.5) is 0 Å². The second kappa shape index (κ2) is 8.50. The Bertz CT molecular complexity index is 142. The van der Waals surface area contributed by atoms with Gasteiger partial charge in [-0.3, -0.25) is 0 Å². The summed E-state index contributed by atoms with van der Waals surface area (Å²) in [5.41, 5.74) is 0.595. The molecule has 0 rings (SSSR count). The molecule has 1 unspecified atom stereocenters. The molecule has 0 saturated carbocycles. The third-order valence-corrected chi connectivity index (χ3v) is 4.63. The van der Waals surface area contributed by atoms with Gasteiger partial charge in [0.1, 0.15) is 0 Å². The topological polar surface area (TPSA) is 0 Å². The summed E-state index contributed by atoms with van der Waals surface area (Å²) in [5.74, 6) is 3.49. The van der Waals surface area contributed by atoms with Gasteiger partial charge in [-0.25, -0.2) is 0 Å². The van der Waals surface area contributed by atoms with Crippen molar-refractivity contribution in [2.24, 2.45) is 11.3 Å². The Hall–Kier alpha value is 0.350. The van der Waals surface area contributed by atoms with Crippen LogP contribution in [0.25, 0.3) is 0 Å². The Morgan fingerprint density at radius 1 is 1.13 bits per heavy atom. The number of thioether (sulfide) groups is 1. The minimum absolute atomic E-state index is 0.595. The fourth-order valence-electron chi connectivity index (χ4n) is 1.80. The van der Waals surface area contributed by atoms with Crippen LogP contribution in [0.1, 0.15) is 66.7 Å². The van der Waals surface area contributed by atoms with E-state index in [9.17, 15) is 0 Å².